The van der Waals surface area contributed by atoms with Gasteiger partial charge < -0.3 is 4.90 Å². The Labute approximate surface area is 212 Å². The summed E-state index contributed by atoms with van der Waals surface area (Å²) in [5, 5.41) is 0. The lowest BCUT2D eigenvalue weighted by Crippen LogP contribution is -2.45. The second-order valence-electron chi connectivity index (χ2n) is 11.0. The van der Waals surface area contributed by atoms with Crippen LogP contribution in [-0.2, 0) is 6.42 Å². The number of fused-ring (bicyclic) bond motifs is 2. The van der Waals surface area contributed by atoms with E-state index in [4.69, 9.17) is 0 Å². The first kappa shape index (κ1) is 25.3. The average Bonchev–Trinajstić information content (AvgIpc) is 3.47. The SMILES string of the molecule is C[C@@H]1CC2=C(Cc3ccccc32)[C@@H](c2c(F)cc(N(C)CCCCCCF)cc2F)N1CC1(F)CC1. The fraction of sp³-hybridized carbons (Fsp3) is 0.533. The maximum Gasteiger partial charge on any atom is 0.133 e. The van der Waals surface area contributed by atoms with Crippen molar-refractivity contribution in [2.45, 2.75) is 76.0 Å². The van der Waals surface area contributed by atoms with Gasteiger partial charge in [0, 0.05) is 37.4 Å². The molecule has 0 amide bonds. The number of hydrogen-bond acceptors (Lipinski definition) is 2. The molecule has 5 rings (SSSR count). The second kappa shape index (κ2) is 10.2. The van der Waals surface area contributed by atoms with Gasteiger partial charge in [0.05, 0.1) is 12.7 Å². The highest BCUT2D eigenvalue weighted by atomic mass is 19.1. The van der Waals surface area contributed by atoms with Gasteiger partial charge in [-0.2, -0.15) is 0 Å². The Bertz CT molecular complexity index is 1120. The van der Waals surface area contributed by atoms with Gasteiger partial charge in [0.25, 0.3) is 0 Å². The van der Waals surface area contributed by atoms with Crippen molar-refractivity contribution in [1.82, 2.24) is 4.90 Å². The normalized spacial score (nSPS) is 22.5. The minimum atomic E-state index is -1.26. The molecule has 2 atom stereocenters. The molecule has 0 N–H and O–H groups in total. The van der Waals surface area contributed by atoms with E-state index >= 15 is 13.2 Å². The van der Waals surface area contributed by atoms with Crippen LogP contribution in [0.1, 0.15) is 74.6 Å². The number of unbranched alkanes of at least 4 members (excludes halogenated alkanes) is 3. The van der Waals surface area contributed by atoms with E-state index in [0.29, 0.717) is 37.9 Å². The summed E-state index contributed by atoms with van der Waals surface area (Å²) in [7, 11) is 1.83. The van der Waals surface area contributed by atoms with Gasteiger partial charge >= 0.3 is 0 Å². The molecule has 0 bridgehead atoms. The zero-order valence-electron chi connectivity index (χ0n) is 21.3. The molecule has 2 nitrogen and oxygen atoms in total. The van der Waals surface area contributed by atoms with Crippen LogP contribution in [0.5, 0.6) is 0 Å². The first-order valence-corrected chi connectivity index (χ1v) is 13.3. The van der Waals surface area contributed by atoms with Gasteiger partial charge in [-0.25, -0.2) is 13.2 Å². The van der Waals surface area contributed by atoms with E-state index < -0.39 is 23.3 Å². The summed E-state index contributed by atoms with van der Waals surface area (Å²) in [5.74, 6) is -1.16. The predicted molar refractivity (Wildman–Crippen MR) is 138 cm³/mol. The fourth-order valence-electron chi connectivity index (χ4n) is 6.01. The van der Waals surface area contributed by atoms with E-state index in [1.807, 2.05) is 35.9 Å². The van der Waals surface area contributed by atoms with Crippen LogP contribution in [-0.4, -0.2) is 43.4 Å². The Morgan fingerprint density at radius 2 is 1.72 bits per heavy atom. The van der Waals surface area contributed by atoms with Crippen molar-refractivity contribution in [3.8, 4) is 0 Å². The number of nitrogens with zero attached hydrogens (tertiary/aromatic N) is 2. The van der Waals surface area contributed by atoms with Gasteiger partial charge in [-0.05, 0) is 79.9 Å². The van der Waals surface area contributed by atoms with E-state index in [2.05, 4.69) is 12.1 Å². The lowest BCUT2D eigenvalue weighted by Gasteiger charge is -2.43. The van der Waals surface area contributed by atoms with Crippen LogP contribution in [0.3, 0.4) is 0 Å². The average molecular weight is 501 g/mol. The van der Waals surface area contributed by atoms with Crippen molar-refractivity contribution in [3.05, 3.63) is 70.3 Å². The summed E-state index contributed by atoms with van der Waals surface area (Å²) in [6.45, 7) is 2.58. The summed E-state index contributed by atoms with van der Waals surface area (Å²) >= 11 is 0. The van der Waals surface area contributed by atoms with Crippen molar-refractivity contribution in [1.29, 1.82) is 0 Å². The Morgan fingerprint density at radius 3 is 2.42 bits per heavy atom. The highest BCUT2D eigenvalue weighted by molar-refractivity contribution is 5.79. The Morgan fingerprint density at radius 1 is 1.03 bits per heavy atom. The third-order valence-electron chi connectivity index (χ3n) is 8.25. The van der Waals surface area contributed by atoms with Gasteiger partial charge in [0.15, 0.2) is 0 Å². The number of halogens is 4. The third kappa shape index (κ3) is 4.93. The van der Waals surface area contributed by atoms with Crippen molar-refractivity contribution in [2.75, 3.05) is 31.7 Å². The number of rotatable bonds is 10. The molecule has 2 aromatic carbocycles. The van der Waals surface area contributed by atoms with Crippen LogP contribution in [0.4, 0.5) is 23.2 Å². The molecule has 1 aliphatic heterocycles. The van der Waals surface area contributed by atoms with E-state index in [-0.39, 0.29) is 24.8 Å². The molecular formula is C30H36F4N2. The Hall–Kier alpha value is -2.34. The maximum absolute atomic E-state index is 15.8. The first-order valence-electron chi connectivity index (χ1n) is 13.3. The van der Waals surface area contributed by atoms with E-state index in [9.17, 15) is 4.39 Å². The van der Waals surface area contributed by atoms with Crippen molar-refractivity contribution < 1.29 is 17.6 Å². The van der Waals surface area contributed by atoms with Gasteiger partial charge in [0.2, 0.25) is 0 Å². The molecule has 3 aliphatic rings. The second-order valence-corrected chi connectivity index (χ2v) is 11.0. The predicted octanol–water partition coefficient (Wildman–Crippen LogP) is 7.58. The fourth-order valence-corrected chi connectivity index (χ4v) is 6.01. The number of benzene rings is 2. The standard InChI is InChI=1S/C30H36F4N2/c1-20-15-24-23-10-6-5-9-21(23)16-25(24)29(36(20)19-30(34)11-12-30)28-26(32)17-22(18-27(28)33)35(2)14-8-4-3-7-13-31/h5-6,9-10,17-18,20,29H,3-4,7-8,11-16,19H2,1-2H3/t20-,29+/m1/s1. The maximum atomic E-state index is 15.8. The van der Waals surface area contributed by atoms with Gasteiger partial charge in [-0.1, -0.05) is 37.1 Å². The number of anilines is 1. The smallest absolute Gasteiger partial charge is 0.133 e. The highest BCUT2D eigenvalue weighted by Gasteiger charge is 2.49. The zero-order valence-corrected chi connectivity index (χ0v) is 21.3. The first-order chi connectivity index (χ1) is 17.3. The lowest BCUT2D eigenvalue weighted by molar-refractivity contribution is 0.0980. The molecule has 6 heteroatoms. The quantitative estimate of drug-likeness (QED) is 0.245. The van der Waals surface area contributed by atoms with Gasteiger partial charge in [0.1, 0.15) is 17.3 Å². The van der Waals surface area contributed by atoms with E-state index in [1.54, 1.807) is 0 Å². The van der Waals surface area contributed by atoms with E-state index in [1.165, 1.54) is 17.7 Å². The van der Waals surface area contributed by atoms with Crippen LogP contribution in [0, 0.1) is 11.6 Å². The van der Waals surface area contributed by atoms with Gasteiger partial charge in [-0.3, -0.25) is 9.29 Å². The van der Waals surface area contributed by atoms with Crippen LogP contribution in [0.25, 0.3) is 5.57 Å². The molecule has 0 spiro atoms. The summed E-state index contributed by atoms with van der Waals surface area (Å²) in [6.07, 6.45) is 5.50. The number of alkyl halides is 2. The molecule has 2 aliphatic carbocycles. The topological polar surface area (TPSA) is 6.48 Å². The highest BCUT2D eigenvalue weighted by Crippen LogP contribution is 2.52. The molecule has 0 aromatic heterocycles. The number of hydrogen-bond donors (Lipinski definition) is 0. The Kier molecular flexibility index (Phi) is 7.17. The molecule has 0 radical (unpaired) electrons. The monoisotopic (exact) mass is 500 g/mol. The molecule has 2 aromatic rings. The van der Waals surface area contributed by atoms with Crippen LogP contribution in [0.2, 0.25) is 0 Å². The molecule has 1 heterocycles. The van der Waals surface area contributed by atoms with Crippen molar-refractivity contribution in [3.63, 3.8) is 0 Å². The Balaban J connectivity index is 1.47. The minimum Gasteiger partial charge on any atom is -0.374 e. The molecule has 36 heavy (non-hydrogen) atoms. The van der Waals surface area contributed by atoms with Crippen molar-refractivity contribution in [2.24, 2.45) is 0 Å². The van der Waals surface area contributed by atoms with Gasteiger partial charge in [-0.15, -0.1) is 0 Å². The summed E-state index contributed by atoms with van der Waals surface area (Å²) in [5.41, 5.74) is 3.77. The molecule has 0 unspecified atom stereocenters. The summed E-state index contributed by atoms with van der Waals surface area (Å²) < 4.78 is 59.0. The van der Waals surface area contributed by atoms with Crippen LogP contribution >= 0.6 is 0 Å². The van der Waals surface area contributed by atoms with Crippen LogP contribution < -0.4 is 4.90 Å². The molecular weight excluding hydrogens is 464 g/mol. The molecule has 1 saturated carbocycles. The van der Waals surface area contributed by atoms with Crippen molar-refractivity contribution >= 4 is 11.3 Å². The summed E-state index contributed by atoms with van der Waals surface area (Å²) in [6, 6.07) is 10.4. The minimum absolute atomic E-state index is 0.0291. The third-order valence-corrected chi connectivity index (χ3v) is 8.25. The molecule has 0 saturated heterocycles. The largest absolute Gasteiger partial charge is 0.374 e. The molecule has 1 fully saturated rings. The summed E-state index contributed by atoms with van der Waals surface area (Å²) in [4.78, 5) is 3.86. The lowest BCUT2D eigenvalue weighted by atomic mass is 9.84. The van der Waals surface area contributed by atoms with Crippen LogP contribution in [0.15, 0.2) is 42.0 Å². The zero-order chi connectivity index (χ0) is 25.4. The van der Waals surface area contributed by atoms with E-state index in [0.717, 1.165) is 42.4 Å². The molecule has 194 valence electrons.